The van der Waals surface area contributed by atoms with Gasteiger partial charge in [-0.15, -0.1) is 21.5 Å². The highest BCUT2D eigenvalue weighted by Crippen LogP contribution is 2.39. The van der Waals surface area contributed by atoms with Crippen LogP contribution in [0.25, 0.3) is 5.69 Å². The van der Waals surface area contributed by atoms with Crippen molar-refractivity contribution in [1.29, 1.82) is 0 Å². The summed E-state index contributed by atoms with van der Waals surface area (Å²) < 4.78 is 12.3. The minimum Gasteiger partial charge on any atom is -0.497 e. The highest BCUT2D eigenvalue weighted by molar-refractivity contribution is 7.99. The van der Waals surface area contributed by atoms with Crippen LogP contribution in [0, 0.1) is 6.92 Å². The lowest BCUT2D eigenvalue weighted by atomic mass is 10.1. The standard InChI is InChI=1S/C30H31N5O5S2/c1-4-40-29(38)26-22-12-7-13-23(22)42-28(26)32-25(36)17-41-30-34-33-24(35(30)20-10-5-8-18(2)14-20)16-31-27(37)19-9-6-11-21(15-19)39-3/h5-6,8-11,14-15H,4,7,12-13,16-17H2,1-3H3,(H,31,37)(H,32,36). The Morgan fingerprint density at radius 1 is 1.10 bits per heavy atom. The van der Waals surface area contributed by atoms with E-state index >= 15 is 0 Å². The molecule has 0 spiro atoms. The molecule has 2 amide bonds. The predicted octanol–water partition coefficient (Wildman–Crippen LogP) is 4.97. The van der Waals surface area contributed by atoms with Gasteiger partial charge in [0.05, 0.1) is 31.6 Å². The number of hydrogen-bond donors (Lipinski definition) is 2. The van der Waals surface area contributed by atoms with Crippen molar-refractivity contribution in [3.05, 3.63) is 81.5 Å². The van der Waals surface area contributed by atoms with Crippen LogP contribution in [0.1, 0.15) is 55.9 Å². The number of ether oxygens (including phenoxy) is 2. The third-order valence-corrected chi connectivity index (χ3v) is 8.82. The summed E-state index contributed by atoms with van der Waals surface area (Å²) in [6, 6.07) is 14.7. The first-order chi connectivity index (χ1) is 20.4. The number of anilines is 1. The number of fused-ring (bicyclic) bond motifs is 1. The van der Waals surface area contributed by atoms with E-state index in [1.165, 1.54) is 23.1 Å². The molecule has 0 aliphatic heterocycles. The van der Waals surface area contributed by atoms with E-state index in [4.69, 9.17) is 9.47 Å². The van der Waals surface area contributed by atoms with Gasteiger partial charge in [0.15, 0.2) is 11.0 Å². The number of nitrogens with zero attached hydrogens (tertiary/aromatic N) is 3. The van der Waals surface area contributed by atoms with Gasteiger partial charge in [0.25, 0.3) is 5.91 Å². The fourth-order valence-electron chi connectivity index (χ4n) is 4.76. The smallest absolute Gasteiger partial charge is 0.341 e. The van der Waals surface area contributed by atoms with E-state index in [1.54, 1.807) is 38.3 Å². The predicted molar refractivity (Wildman–Crippen MR) is 162 cm³/mol. The number of aromatic nitrogens is 3. The van der Waals surface area contributed by atoms with Crippen LogP contribution >= 0.6 is 23.1 Å². The van der Waals surface area contributed by atoms with Crippen molar-refractivity contribution in [3.63, 3.8) is 0 Å². The van der Waals surface area contributed by atoms with Crippen LogP contribution in [-0.4, -0.2) is 52.0 Å². The Labute approximate surface area is 251 Å². The Hall–Kier alpha value is -4.16. The summed E-state index contributed by atoms with van der Waals surface area (Å²) in [7, 11) is 1.55. The van der Waals surface area contributed by atoms with Crippen LogP contribution in [0.5, 0.6) is 5.75 Å². The molecule has 2 N–H and O–H groups in total. The van der Waals surface area contributed by atoms with E-state index in [1.807, 2.05) is 35.8 Å². The molecule has 0 saturated heterocycles. The second-order valence-corrected chi connectivity index (χ2v) is 11.7. The van der Waals surface area contributed by atoms with E-state index < -0.39 is 5.97 Å². The number of methoxy groups -OCH3 is 1. The Morgan fingerprint density at radius 3 is 2.71 bits per heavy atom. The SMILES string of the molecule is CCOC(=O)c1c(NC(=O)CSc2nnc(CNC(=O)c3cccc(OC)c3)n2-c2cccc(C)c2)sc2c1CCC2. The molecule has 0 bridgehead atoms. The van der Waals surface area contributed by atoms with Crippen molar-refractivity contribution in [2.75, 3.05) is 24.8 Å². The van der Waals surface area contributed by atoms with E-state index in [9.17, 15) is 14.4 Å². The second-order valence-electron chi connectivity index (χ2n) is 9.61. The summed E-state index contributed by atoms with van der Waals surface area (Å²) in [6.07, 6.45) is 2.70. The third kappa shape index (κ3) is 6.50. The lowest BCUT2D eigenvalue weighted by molar-refractivity contribution is -0.113. The van der Waals surface area contributed by atoms with E-state index in [2.05, 4.69) is 20.8 Å². The van der Waals surface area contributed by atoms with Crippen LogP contribution in [0.4, 0.5) is 5.00 Å². The topological polar surface area (TPSA) is 124 Å². The number of amides is 2. The number of esters is 1. The number of aryl methyl sites for hydroxylation is 2. The molecule has 2 aromatic heterocycles. The molecule has 0 radical (unpaired) electrons. The molecule has 0 atom stereocenters. The van der Waals surface area contributed by atoms with Crippen molar-refractivity contribution in [3.8, 4) is 11.4 Å². The molecule has 1 aliphatic rings. The molecule has 2 aromatic carbocycles. The second kappa shape index (κ2) is 13.2. The third-order valence-electron chi connectivity index (χ3n) is 6.69. The lowest BCUT2D eigenvalue weighted by Gasteiger charge is -2.12. The van der Waals surface area contributed by atoms with Gasteiger partial charge in [-0.25, -0.2) is 4.79 Å². The molecule has 4 aromatic rings. The van der Waals surface area contributed by atoms with Crippen molar-refractivity contribution >= 4 is 45.9 Å². The normalized spacial score (nSPS) is 12.1. The van der Waals surface area contributed by atoms with Gasteiger partial charge in [0.2, 0.25) is 5.91 Å². The molecule has 218 valence electrons. The fraction of sp³-hybridized carbons (Fsp3) is 0.300. The van der Waals surface area contributed by atoms with Crippen molar-refractivity contribution < 1.29 is 23.9 Å². The van der Waals surface area contributed by atoms with Crippen molar-refractivity contribution in [1.82, 2.24) is 20.1 Å². The van der Waals surface area contributed by atoms with Gasteiger partial charge in [-0.2, -0.15) is 0 Å². The van der Waals surface area contributed by atoms with Gasteiger partial charge < -0.3 is 20.1 Å². The molecule has 2 heterocycles. The quantitative estimate of drug-likeness (QED) is 0.181. The molecule has 0 unspecified atom stereocenters. The van der Waals surface area contributed by atoms with Crippen LogP contribution < -0.4 is 15.4 Å². The molecule has 5 rings (SSSR count). The number of nitrogens with one attached hydrogen (secondary N) is 2. The van der Waals surface area contributed by atoms with E-state index in [-0.39, 0.29) is 30.7 Å². The molecule has 12 heteroatoms. The van der Waals surface area contributed by atoms with Gasteiger partial charge in [0.1, 0.15) is 10.8 Å². The van der Waals surface area contributed by atoms with E-state index in [0.29, 0.717) is 32.9 Å². The number of hydrogen-bond acceptors (Lipinski definition) is 9. The number of carbonyl (C=O) groups is 3. The molecule has 1 aliphatic carbocycles. The molecular weight excluding hydrogens is 574 g/mol. The van der Waals surface area contributed by atoms with Gasteiger partial charge in [0, 0.05) is 16.1 Å². The molecule has 10 nitrogen and oxygen atoms in total. The zero-order chi connectivity index (χ0) is 29.6. The fourth-order valence-corrected chi connectivity index (χ4v) is 6.83. The monoisotopic (exact) mass is 605 g/mol. The Kier molecular flexibility index (Phi) is 9.23. The van der Waals surface area contributed by atoms with Crippen LogP contribution in [0.15, 0.2) is 53.7 Å². The number of benzene rings is 2. The van der Waals surface area contributed by atoms with Crippen molar-refractivity contribution in [2.24, 2.45) is 0 Å². The maximum absolute atomic E-state index is 13.1. The first kappa shape index (κ1) is 29.3. The summed E-state index contributed by atoms with van der Waals surface area (Å²) in [6.45, 7) is 4.14. The number of thioether (sulfide) groups is 1. The Bertz CT molecular complexity index is 1630. The number of carbonyl (C=O) groups excluding carboxylic acids is 3. The molecular formula is C30H31N5O5S2. The highest BCUT2D eigenvalue weighted by atomic mass is 32.2. The Balaban J connectivity index is 1.32. The first-order valence-electron chi connectivity index (χ1n) is 13.6. The lowest BCUT2D eigenvalue weighted by Crippen LogP contribution is -2.24. The summed E-state index contributed by atoms with van der Waals surface area (Å²) in [5.74, 6) is 0.201. The van der Waals surface area contributed by atoms with Gasteiger partial charge >= 0.3 is 5.97 Å². The van der Waals surface area contributed by atoms with Crippen LogP contribution in [0.3, 0.4) is 0 Å². The Morgan fingerprint density at radius 2 is 1.93 bits per heavy atom. The maximum atomic E-state index is 13.1. The largest absolute Gasteiger partial charge is 0.497 e. The molecule has 42 heavy (non-hydrogen) atoms. The van der Waals surface area contributed by atoms with Crippen LogP contribution in [-0.2, 0) is 28.9 Å². The van der Waals surface area contributed by atoms with Gasteiger partial charge in [-0.3, -0.25) is 14.2 Å². The molecule has 0 fully saturated rings. The van der Waals surface area contributed by atoms with E-state index in [0.717, 1.165) is 41.0 Å². The van der Waals surface area contributed by atoms with Crippen molar-refractivity contribution in [2.45, 2.75) is 44.8 Å². The highest BCUT2D eigenvalue weighted by Gasteiger charge is 2.28. The minimum atomic E-state index is -0.403. The maximum Gasteiger partial charge on any atom is 0.341 e. The molecule has 0 saturated carbocycles. The summed E-state index contributed by atoms with van der Waals surface area (Å²) in [5, 5.41) is 15.5. The number of thiophene rings is 1. The average molecular weight is 606 g/mol. The number of rotatable bonds is 11. The zero-order valence-electron chi connectivity index (χ0n) is 23.6. The minimum absolute atomic E-state index is 0.0466. The zero-order valence-corrected chi connectivity index (χ0v) is 25.2. The van der Waals surface area contributed by atoms with Gasteiger partial charge in [-0.1, -0.05) is 30.0 Å². The van der Waals surface area contributed by atoms with Gasteiger partial charge in [-0.05, 0) is 74.6 Å². The first-order valence-corrected chi connectivity index (χ1v) is 15.4. The summed E-state index contributed by atoms with van der Waals surface area (Å²) in [5.41, 5.74) is 3.78. The summed E-state index contributed by atoms with van der Waals surface area (Å²) in [4.78, 5) is 39.7. The summed E-state index contributed by atoms with van der Waals surface area (Å²) >= 11 is 2.67. The van der Waals surface area contributed by atoms with Crippen LogP contribution in [0.2, 0.25) is 0 Å². The average Bonchev–Trinajstić information content (AvgIpc) is 3.69.